The molecule has 3 nitrogen and oxygen atoms in total. The third-order valence-electron chi connectivity index (χ3n) is 12.0. The first-order chi connectivity index (χ1) is 26.2. The van der Waals surface area contributed by atoms with Crippen LogP contribution in [0, 0.1) is 0 Å². The second-order valence-electron chi connectivity index (χ2n) is 17.5. The zero-order valence-electron chi connectivity index (χ0n) is 37.1. The Morgan fingerprint density at radius 1 is 0.264 bits per heavy atom. The zero-order chi connectivity index (χ0) is 38.6. The summed E-state index contributed by atoms with van der Waals surface area (Å²) in [6, 6.07) is 0. The lowest BCUT2D eigenvalue weighted by Crippen LogP contribution is -2.40. The van der Waals surface area contributed by atoms with Gasteiger partial charge < -0.3 is 14.9 Å². The molecule has 0 saturated carbocycles. The van der Waals surface area contributed by atoms with Gasteiger partial charge in [-0.25, -0.2) is 0 Å². The molecule has 0 bridgehead atoms. The van der Waals surface area contributed by atoms with E-state index in [1.807, 2.05) is 0 Å². The fraction of sp³-hybridized carbons (Fsp3) is 1.00. The van der Waals surface area contributed by atoms with Gasteiger partial charge in [0, 0.05) is 6.61 Å². The summed E-state index contributed by atoms with van der Waals surface area (Å²) in [6.45, 7) is 7.55. The van der Waals surface area contributed by atoms with Crippen LogP contribution in [0.1, 0.15) is 297 Å². The first-order valence-corrected chi connectivity index (χ1v) is 25.1. The van der Waals surface area contributed by atoms with E-state index >= 15 is 0 Å². The zero-order valence-corrected chi connectivity index (χ0v) is 37.1. The van der Waals surface area contributed by atoms with Crippen molar-refractivity contribution in [1.82, 2.24) is 0 Å². The van der Waals surface area contributed by atoms with Gasteiger partial charge in [0.15, 0.2) is 0 Å². The van der Waals surface area contributed by atoms with Gasteiger partial charge in [-0.3, -0.25) is 0 Å². The fourth-order valence-electron chi connectivity index (χ4n) is 8.24. The van der Waals surface area contributed by atoms with Crippen molar-refractivity contribution in [3.05, 3.63) is 0 Å². The minimum Gasteiger partial charge on any atom is -0.390 e. The van der Waals surface area contributed by atoms with Crippen LogP contribution in [-0.4, -0.2) is 35.1 Å². The summed E-state index contributed by atoms with van der Waals surface area (Å²) in [5.41, 5.74) is 0. The molecule has 0 aromatic carbocycles. The maximum absolute atomic E-state index is 11.2. The van der Waals surface area contributed by atoms with E-state index in [2.05, 4.69) is 20.8 Å². The largest absolute Gasteiger partial charge is 0.390 e. The molecule has 0 spiro atoms. The quantitative estimate of drug-likeness (QED) is 0.0609. The van der Waals surface area contributed by atoms with E-state index in [0.717, 1.165) is 32.1 Å². The van der Waals surface area contributed by atoms with E-state index < -0.39 is 18.3 Å². The van der Waals surface area contributed by atoms with E-state index in [-0.39, 0.29) is 0 Å². The predicted molar refractivity (Wildman–Crippen MR) is 237 cm³/mol. The molecule has 0 aliphatic heterocycles. The van der Waals surface area contributed by atoms with E-state index in [9.17, 15) is 10.2 Å². The average molecular weight is 751 g/mol. The SMILES string of the molecule is CCCCCCCCCCCCCCCCOC(C(O)CCCCCCCCCCCCCCC)C(O)CCCCCCCCCCCCCCCC. The summed E-state index contributed by atoms with van der Waals surface area (Å²) in [7, 11) is 0. The second kappa shape index (κ2) is 46.3. The van der Waals surface area contributed by atoms with Crippen molar-refractivity contribution in [3.8, 4) is 0 Å². The normalized spacial score (nSPS) is 13.5. The number of rotatable bonds is 47. The molecule has 0 fully saturated rings. The third kappa shape index (κ3) is 41.3. The van der Waals surface area contributed by atoms with Gasteiger partial charge in [-0.2, -0.15) is 0 Å². The number of aliphatic hydroxyl groups is 2. The van der Waals surface area contributed by atoms with Crippen LogP contribution in [0.25, 0.3) is 0 Å². The molecule has 3 unspecified atom stereocenters. The smallest absolute Gasteiger partial charge is 0.109 e. The third-order valence-corrected chi connectivity index (χ3v) is 12.0. The Bertz CT molecular complexity index is 638. The van der Waals surface area contributed by atoms with Gasteiger partial charge >= 0.3 is 0 Å². The molecule has 0 aliphatic rings. The Hall–Kier alpha value is -0.120. The average Bonchev–Trinajstić information content (AvgIpc) is 3.16. The number of hydrogen-bond donors (Lipinski definition) is 2. The first kappa shape index (κ1) is 52.9. The van der Waals surface area contributed by atoms with Gasteiger partial charge in [-0.05, 0) is 19.3 Å². The minimum absolute atomic E-state index is 0.420. The molecule has 3 heteroatoms. The Balaban J connectivity index is 4.20. The summed E-state index contributed by atoms with van der Waals surface area (Å²) in [5.74, 6) is 0. The van der Waals surface area contributed by atoms with Crippen LogP contribution in [0.5, 0.6) is 0 Å². The number of ether oxygens (including phenoxy) is 1. The molecule has 0 aliphatic carbocycles. The van der Waals surface area contributed by atoms with Crippen molar-refractivity contribution < 1.29 is 14.9 Å². The standard InChI is InChI=1S/C50H102O3/c1-4-7-10-13-16-19-22-25-28-31-34-37-40-43-46-49(52)50(48(51)45-42-39-36-33-30-27-24-21-18-15-12-9-6-3)53-47-44-41-38-35-32-29-26-23-20-17-14-11-8-5-2/h48-52H,4-47H2,1-3H3. The number of aliphatic hydroxyl groups excluding tert-OH is 2. The van der Waals surface area contributed by atoms with Crippen LogP contribution in [0.15, 0.2) is 0 Å². The highest BCUT2D eigenvalue weighted by molar-refractivity contribution is 4.78. The van der Waals surface area contributed by atoms with Gasteiger partial charge in [0.2, 0.25) is 0 Å². The maximum Gasteiger partial charge on any atom is 0.109 e. The van der Waals surface area contributed by atoms with Crippen LogP contribution in [0.4, 0.5) is 0 Å². The molecule has 2 N–H and O–H groups in total. The maximum atomic E-state index is 11.2. The molecule has 0 heterocycles. The van der Waals surface area contributed by atoms with Crippen molar-refractivity contribution in [1.29, 1.82) is 0 Å². The topological polar surface area (TPSA) is 49.7 Å². The number of hydrogen-bond acceptors (Lipinski definition) is 3. The molecule has 0 rings (SSSR count). The molecule has 0 aromatic heterocycles. The summed E-state index contributed by atoms with van der Waals surface area (Å²) >= 11 is 0. The van der Waals surface area contributed by atoms with Crippen LogP contribution < -0.4 is 0 Å². The molecule has 3 atom stereocenters. The van der Waals surface area contributed by atoms with E-state index in [1.54, 1.807) is 0 Å². The summed E-state index contributed by atoms with van der Waals surface area (Å²) in [5, 5.41) is 22.4. The molecular weight excluding hydrogens is 649 g/mol. The van der Waals surface area contributed by atoms with E-state index in [1.165, 1.54) is 244 Å². The minimum atomic E-state index is -0.545. The first-order valence-electron chi connectivity index (χ1n) is 25.1. The highest BCUT2D eigenvalue weighted by Crippen LogP contribution is 2.21. The molecule has 0 saturated heterocycles. The summed E-state index contributed by atoms with van der Waals surface area (Å²) in [6.07, 6.45) is 55.2. The van der Waals surface area contributed by atoms with Gasteiger partial charge in [-0.15, -0.1) is 0 Å². The highest BCUT2D eigenvalue weighted by Gasteiger charge is 2.27. The predicted octanol–water partition coefficient (Wildman–Crippen LogP) is 16.9. The molecule has 0 amide bonds. The Morgan fingerprint density at radius 3 is 0.679 bits per heavy atom. The van der Waals surface area contributed by atoms with E-state index in [4.69, 9.17) is 4.74 Å². The van der Waals surface area contributed by atoms with Crippen molar-refractivity contribution in [2.24, 2.45) is 0 Å². The van der Waals surface area contributed by atoms with Crippen molar-refractivity contribution in [3.63, 3.8) is 0 Å². The number of unbranched alkanes of at least 4 members (excludes halogenated alkanes) is 38. The van der Waals surface area contributed by atoms with Crippen LogP contribution in [0.3, 0.4) is 0 Å². The Labute approximate surface area is 335 Å². The molecule has 0 aromatic rings. The van der Waals surface area contributed by atoms with Crippen molar-refractivity contribution >= 4 is 0 Å². The van der Waals surface area contributed by atoms with Crippen LogP contribution >= 0.6 is 0 Å². The fourth-order valence-corrected chi connectivity index (χ4v) is 8.24. The van der Waals surface area contributed by atoms with Crippen LogP contribution in [0.2, 0.25) is 0 Å². The summed E-state index contributed by atoms with van der Waals surface area (Å²) < 4.78 is 6.31. The lowest BCUT2D eigenvalue weighted by atomic mass is 9.96. The van der Waals surface area contributed by atoms with Crippen molar-refractivity contribution in [2.45, 2.75) is 315 Å². The Kier molecular flexibility index (Phi) is 46.2. The lowest BCUT2D eigenvalue weighted by molar-refractivity contribution is -0.105. The molecular formula is C50H102O3. The van der Waals surface area contributed by atoms with Gasteiger partial charge in [0.05, 0.1) is 12.2 Å². The second-order valence-corrected chi connectivity index (χ2v) is 17.5. The summed E-state index contributed by atoms with van der Waals surface area (Å²) in [4.78, 5) is 0. The molecule has 0 radical (unpaired) electrons. The molecule has 53 heavy (non-hydrogen) atoms. The van der Waals surface area contributed by atoms with E-state index in [0.29, 0.717) is 6.61 Å². The molecule has 320 valence electrons. The van der Waals surface area contributed by atoms with Gasteiger partial charge in [0.1, 0.15) is 6.10 Å². The van der Waals surface area contributed by atoms with Gasteiger partial charge in [-0.1, -0.05) is 278 Å². The monoisotopic (exact) mass is 751 g/mol. The highest BCUT2D eigenvalue weighted by atomic mass is 16.5. The lowest BCUT2D eigenvalue weighted by Gasteiger charge is -2.28. The van der Waals surface area contributed by atoms with Gasteiger partial charge in [0.25, 0.3) is 0 Å². The van der Waals surface area contributed by atoms with Crippen LogP contribution in [-0.2, 0) is 4.74 Å². The Morgan fingerprint density at radius 2 is 0.453 bits per heavy atom. The van der Waals surface area contributed by atoms with Crippen molar-refractivity contribution in [2.75, 3.05) is 6.61 Å².